The maximum absolute atomic E-state index is 11.0. The third-order valence-corrected chi connectivity index (χ3v) is 5.40. The van der Waals surface area contributed by atoms with Gasteiger partial charge in [-0.3, -0.25) is 4.79 Å². The quantitative estimate of drug-likeness (QED) is 0.193. The number of thiol groups is 2. The lowest BCUT2D eigenvalue weighted by Crippen LogP contribution is -2.05. The maximum Gasteiger partial charge on any atom is 0.305 e. The number of unbranched alkanes of at least 4 members (excludes halogenated alkanes) is 7. The van der Waals surface area contributed by atoms with Crippen LogP contribution in [0.1, 0.15) is 96.8 Å². The molecule has 0 bridgehead atoms. The smallest absolute Gasteiger partial charge is 0.305 e. The molecule has 0 saturated carbocycles. The van der Waals surface area contributed by atoms with Crippen molar-refractivity contribution in [3.63, 3.8) is 0 Å². The highest BCUT2D eigenvalue weighted by molar-refractivity contribution is 7.81. The molecule has 0 fully saturated rings. The SMILES string of the molecule is CCCCCC(S)CCC(S)CCCCCCCCC(=O)OC. The van der Waals surface area contributed by atoms with Crippen LogP contribution in [0.4, 0.5) is 0 Å². The van der Waals surface area contributed by atoms with Crippen molar-refractivity contribution >= 4 is 31.2 Å². The zero-order valence-electron chi connectivity index (χ0n) is 15.3. The first kappa shape index (κ1) is 23.2. The van der Waals surface area contributed by atoms with Gasteiger partial charge >= 0.3 is 5.97 Å². The van der Waals surface area contributed by atoms with Crippen LogP contribution in [0.3, 0.4) is 0 Å². The van der Waals surface area contributed by atoms with Crippen molar-refractivity contribution in [2.75, 3.05) is 7.11 Å². The maximum atomic E-state index is 11.0. The van der Waals surface area contributed by atoms with Crippen LogP contribution < -0.4 is 0 Å². The minimum atomic E-state index is -0.0832. The molecule has 0 saturated heterocycles. The van der Waals surface area contributed by atoms with E-state index in [1.807, 2.05) is 0 Å². The Morgan fingerprint density at radius 3 is 1.78 bits per heavy atom. The summed E-state index contributed by atoms with van der Waals surface area (Å²) in [6.45, 7) is 2.25. The van der Waals surface area contributed by atoms with E-state index < -0.39 is 0 Å². The zero-order valence-corrected chi connectivity index (χ0v) is 17.1. The summed E-state index contributed by atoms with van der Waals surface area (Å²) in [5, 5.41) is 1.10. The van der Waals surface area contributed by atoms with Crippen molar-refractivity contribution in [3.05, 3.63) is 0 Å². The fourth-order valence-electron chi connectivity index (χ4n) is 2.76. The average molecular weight is 363 g/mol. The van der Waals surface area contributed by atoms with E-state index in [2.05, 4.69) is 24.3 Å². The van der Waals surface area contributed by atoms with E-state index in [0.29, 0.717) is 16.9 Å². The molecule has 4 heteroatoms. The standard InChI is InChI=1S/C19H38O2S2/c1-3-4-9-12-17(22)15-16-18(23)13-10-7-5-6-8-11-14-19(20)21-2/h17-18,22-23H,3-16H2,1-2H3. The summed E-state index contributed by atoms with van der Waals surface area (Å²) in [5.41, 5.74) is 0. The summed E-state index contributed by atoms with van der Waals surface area (Å²) in [5.74, 6) is -0.0832. The molecule has 0 rings (SSSR count). The van der Waals surface area contributed by atoms with Crippen LogP contribution in [-0.2, 0) is 9.53 Å². The van der Waals surface area contributed by atoms with E-state index in [1.165, 1.54) is 77.7 Å². The number of carbonyl (C=O) groups is 1. The monoisotopic (exact) mass is 362 g/mol. The van der Waals surface area contributed by atoms with Crippen molar-refractivity contribution in [2.24, 2.45) is 0 Å². The van der Waals surface area contributed by atoms with Gasteiger partial charge in [-0.05, 0) is 32.1 Å². The van der Waals surface area contributed by atoms with Gasteiger partial charge < -0.3 is 4.74 Å². The first-order valence-electron chi connectivity index (χ1n) is 9.53. The number of rotatable bonds is 16. The highest BCUT2D eigenvalue weighted by atomic mass is 32.1. The van der Waals surface area contributed by atoms with Crippen molar-refractivity contribution in [2.45, 2.75) is 107 Å². The molecule has 2 nitrogen and oxygen atoms in total. The molecule has 2 atom stereocenters. The number of hydrogen-bond acceptors (Lipinski definition) is 4. The van der Waals surface area contributed by atoms with Gasteiger partial charge in [0.1, 0.15) is 0 Å². The predicted molar refractivity (Wildman–Crippen MR) is 108 cm³/mol. The molecule has 0 radical (unpaired) electrons. The lowest BCUT2D eigenvalue weighted by atomic mass is 10.0. The Kier molecular flexibility index (Phi) is 17.1. The molecule has 0 aromatic carbocycles. The molecule has 0 aromatic heterocycles. The van der Waals surface area contributed by atoms with E-state index >= 15 is 0 Å². The molecular weight excluding hydrogens is 324 g/mol. The molecule has 0 N–H and O–H groups in total. The van der Waals surface area contributed by atoms with Gasteiger partial charge in [0.15, 0.2) is 0 Å². The van der Waals surface area contributed by atoms with Crippen molar-refractivity contribution in [1.29, 1.82) is 0 Å². The van der Waals surface area contributed by atoms with Gasteiger partial charge in [-0.1, -0.05) is 58.3 Å². The second-order valence-corrected chi connectivity index (χ2v) is 8.08. The first-order chi connectivity index (χ1) is 11.1. The zero-order chi connectivity index (χ0) is 17.3. The van der Waals surface area contributed by atoms with E-state index in [9.17, 15) is 4.79 Å². The van der Waals surface area contributed by atoms with Crippen LogP contribution in [0.5, 0.6) is 0 Å². The van der Waals surface area contributed by atoms with Crippen LogP contribution in [0, 0.1) is 0 Å². The molecule has 2 unspecified atom stereocenters. The molecule has 138 valence electrons. The van der Waals surface area contributed by atoms with Gasteiger partial charge in [-0.25, -0.2) is 0 Å². The summed E-state index contributed by atoms with van der Waals surface area (Å²) in [6.07, 6.45) is 16.5. The molecule has 0 aliphatic heterocycles. The minimum Gasteiger partial charge on any atom is -0.469 e. The van der Waals surface area contributed by atoms with Crippen molar-refractivity contribution in [1.82, 2.24) is 0 Å². The molecule has 23 heavy (non-hydrogen) atoms. The summed E-state index contributed by atoms with van der Waals surface area (Å²) in [6, 6.07) is 0. The summed E-state index contributed by atoms with van der Waals surface area (Å²) in [7, 11) is 1.46. The van der Waals surface area contributed by atoms with Crippen molar-refractivity contribution in [3.8, 4) is 0 Å². The summed E-state index contributed by atoms with van der Waals surface area (Å²) < 4.78 is 4.64. The average Bonchev–Trinajstić information content (AvgIpc) is 2.55. The molecule has 0 aliphatic carbocycles. The Labute approximate surface area is 155 Å². The fourth-order valence-corrected chi connectivity index (χ4v) is 3.43. The second kappa shape index (κ2) is 17.0. The van der Waals surface area contributed by atoms with Crippen LogP contribution in [0.15, 0.2) is 0 Å². The predicted octanol–water partition coefficient (Wildman–Crippen LogP) is 6.24. The molecule has 0 amide bonds. The van der Waals surface area contributed by atoms with E-state index in [0.717, 1.165) is 12.8 Å². The number of ether oxygens (including phenoxy) is 1. The van der Waals surface area contributed by atoms with Gasteiger partial charge in [0.2, 0.25) is 0 Å². The molecule has 0 heterocycles. The molecule has 0 aliphatic rings. The van der Waals surface area contributed by atoms with E-state index in [1.54, 1.807) is 0 Å². The summed E-state index contributed by atoms with van der Waals surface area (Å²) >= 11 is 9.41. The van der Waals surface area contributed by atoms with Gasteiger partial charge in [-0.15, -0.1) is 0 Å². The van der Waals surface area contributed by atoms with Crippen molar-refractivity contribution < 1.29 is 9.53 Å². The van der Waals surface area contributed by atoms with Crippen LogP contribution in [0.25, 0.3) is 0 Å². The topological polar surface area (TPSA) is 26.3 Å². The number of carbonyl (C=O) groups excluding carboxylic acids is 1. The molecular formula is C19H38O2S2. The highest BCUT2D eigenvalue weighted by Crippen LogP contribution is 2.20. The van der Waals surface area contributed by atoms with Gasteiger partial charge in [-0.2, -0.15) is 25.3 Å². The number of hydrogen-bond donors (Lipinski definition) is 2. The molecule has 0 aromatic rings. The Balaban J connectivity index is 3.33. The summed E-state index contributed by atoms with van der Waals surface area (Å²) in [4.78, 5) is 11.0. The Morgan fingerprint density at radius 1 is 0.783 bits per heavy atom. The normalized spacial score (nSPS) is 13.7. The molecule has 0 spiro atoms. The van der Waals surface area contributed by atoms with Gasteiger partial charge in [0.25, 0.3) is 0 Å². The highest BCUT2D eigenvalue weighted by Gasteiger charge is 2.08. The number of esters is 1. The van der Waals surface area contributed by atoms with Gasteiger partial charge in [0, 0.05) is 16.9 Å². The fraction of sp³-hybridized carbons (Fsp3) is 0.947. The Hall–Kier alpha value is 0.170. The second-order valence-electron chi connectivity index (χ2n) is 6.62. The third kappa shape index (κ3) is 16.8. The van der Waals surface area contributed by atoms with E-state index in [4.69, 9.17) is 12.6 Å². The van der Waals surface area contributed by atoms with Crippen LogP contribution in [0.2, 0.25) is 0 Å². The first-order valence-corrected chi connectivity index (χ1v) is 10.6. The van der Waals surface area contributed by atoms with Crippen LogP contribution in [-0.4, -0.2) is 23.6 Å². The third-order valence-electron chi connectivity index (χ3n) is 4.37. The lowest BCUT2D eigenvalue weighted by molar-refractivity contribution is -0.140. The van der Waals surface area contributed by atoms with Crippen LogP contribution >= 0.6 is 25.3 Å². The Morgan fingerprint density at radius 2 is 1.26 bits per heavy atom. The van der Waals surface area contributed by atoms with Gasteiger partial charge in [0.05, 0.1) is 7.11 Å². The minimum absolute atomic E-state index is 0.0832. The number of methoxy groups -OCH3 is 1. The Bertz CT molecular complexity index is 272. The van der Waals surface area contributed by atoms with E-state index in [-0.39, 0.29) is 5.97 Å². The largest absolute Gasteiger partial charge is 0.469 e. The lowest BCUT2D eigenvalue weighted by Gasteiger charge is -2.14.